The zero-order valence-corrected chi connectivity index (χ0v) is 8.82. The van der Waals surface area contributed by atoms with Crippen molar-refractivity contribution >= 4 is 5.97 Å². The maximum Gasteiger partial charge on any atom is 0.335 e. The van der Waals surface area contributed by atoms with E-state index in [4.69, 9.17) is 5.11 Å². The normalized spacial score (nSPS) is 20.0. The first-order valence-electron chi connectivity index (χ1n) is 4.95. The van der Waals surface area contributed by atoms with Crippen LogP contribution >= 0.6 is 0 Å². The number of hydrogen-bond acceptors (Lipinski definition) is 3. The number of carboxylic acid groups (broad SMARTS) is 1. The molecule has 1 aromatic rings. The van der Waals surface area contributed by atoms with Gasteiger partial charge in [-0.3, -0.25) is 4.98 Å². The van der Waals surface area contributed by atoms with E-state index in [1.807, 2.05) is 0 Å². The quantitative estimate of drug-likeness (QED) is 0.724. The van der Waals surface area contributed by atoms with E-state index in [0.717, 1.165) is 12.2 Å². The molecule has 4 nitrogen and oxygen atoms in total. The van der Waals surface area contributed by atoms with Crippen molar-refractivity contribution in [3.63, 3.8) is 0 Å². The summed E-state index contributed by atoms with van der Waals surface area (Å²) in [5.41, 5.74) is 1.02. The van der Waals surface area contributed by atoms with E-state index in [1.54, 1.807) is 12.3 Å². The Morgan fingerprint density at radius 1 is 1.67 bits per heavy atom. The summed E-state index contributed by atoms with van der Waals surface area (Å²) < 4.78 is 0. The van der Waals surface area contributed by atoms with Crippen molar-refractivity contribution < 1.29 is 9.90 Å². The van der Waals surface area contributed by atoms with Gasteiger partial charge < -0.3 is 10.4 Å². The van der Waals surface area contributed by atoms with Gasteiger partial charge in [-0.2, -0.15) is 0 Å². The molecule has 0 aromatic carbocycles. The lowest BCUT2D eigenvalue weighted by molar-refractivity contribution is 0.0696. The number of nitrogens with one attached hydrogen (secondary N) is 1. The molecule has 80 valence electrons. The van der Waals surface area contributed by atoms with Crippen LogP contribution in [0.15, 0.2) is 18.3 Å². The SMILES string of the molecule is CC(C)(c1cc(C(=O)O)ccn1)C1CN1. The summed E-state index contributed by atoms with van der Waals surface area (Å²) in [6.45, 7) is 5.13. The number of aromatic carboxylic acids is 1. The molecule has 2 N–H and O–H groups in total. The molecular weight excluding hydrogens is 192 g/mol. The lowest BCUT2D eigenvalue weighted by Crippen LogP contribution is -2.28. The van der Waals surface area contributed by atoms with E-state index in [0.29, 0.717) is 11.6 Å². The van der Waals surface area contributed by atoms with Gasteiger partial charge in [0.15, 0.2) is 0 Å². The zero-order chi connectivity index (χ0) is 11.1. The second-order valence-electron chi connectivity index (χ2n) is 4.42. The molecule has 1 aliphatic rings. The van der Waals surface area contributed by atoms with E-state index in [9.17, 15) is 4.79 Å². The van der Waals surface area contributed by atoms with Crippen molar-refractivity contribution in [3.05, 3.63) is 29.6 Å². The van der Waals surface area contributed by atoms with Crippen molar-refractivity contribution in [2.75, 3.05) is 6.54 Å². The predicted octanol–water partition coefficient (Wildman–Crippen LogP) is 1.03. The fourth-order valence-electron chi connectivity index (χ4n) is 1.66. The van der Waals surface area contributed by atoms with Crippen LogP contribution in [-0.4, -0.2) is 28.6 Å². The highest BCUT2D eigenvalue weighted by atomic mass is 16.4. The molecule has 1 aliphatic heterocycles. The molecule has 0 spiro atoms. The van der Waals surface area contributed by atoms with Gasteiger partial charge in [0.05, 0.1) is 5.56 Å². The molecule has 0 radical (unpaired) electrons. The minimum absolute atomic E-state index is 0.106. The molecule has 1 fully saturated rings. The Hall–Kier alpha value is -1.42. The minimum atomic E-state index is -0.904. The first-order valence-corrected chi connectivity index (χ1v) is 4.95. The maximum absolute atomic E-state index is 10.8. The molecule has 0 amide bonds. The third-order valence-corrected chi connectivity index (χ3v) is 2.95. The highest BCUT2D eigenvalue weighted by Crippen LogP contribution is 2.30. The van der Waals surface area contributed by atoms with E-state index in [2.05, 4.69) is 24.1 Å². The summed E-state index contributed by atoms with van der Waals surface area (Å²) in [5.74, 6) is -0.904. The molecule has 2 heterocycles. The molecule has 0 bridgehead atoms. The van der Waals surface area contributed by atoms with Crippen LogP contribution in [-0.2, 0) is 5.41 Å². The average molecular weight is 206 g/mol. The van der Waals surface area contributed by atoms with E-state index >= 15 is 0 Å². The fourth-order valence-corrected chi connectivity index (χ4v) is 1.66. The molecule has 1 atom stereocenters. The van der Waals surface area contributed by atoms with Crippen LogP contribution in [0.4, 0.5) is 0 Å². The molecule has 1 aromatic heterocycles. The van der Waals surface area contributed by atoms with Gasteiger partial charge in [-0.25, -0.2) is 4.79 Å². The zero-order valence-electron chi connectivity index (χ0n) is 8.82. The van der Waals surface area contributed by atoms with Crippen LogP contribution in [0.3, 0.4) is 0 Å². The number of carbonyl (C=O) groups is 1. The third-order valence-electron chi connectivity index (χ3n) is 2.95. The Morgan fingerprint density at radius 2 is 2.33 bits per heavy atom. The van der Waals surface area contributed by atoms with Crippen LogP contribution in [0.5, 0.6) is 0 Å². The molecule has 1 unspecified atom stereocenters. The minimum Gasteiger partial charge on any atom is -0.478 e. The highest BCUT2D eigenvalue weighted by Gasteiger charge is 2.39. The second kappa shape index (κ2) is 3.31. The lowest BCUT2D eigenvalue weighted by Gasteiger charge is -2.22. The Labute approximate surface area is 88.3 Å². The summed E-state index contributed by atoms with van der Waals surface area (Å²) in [6, 6.07) is 3.58. The summed E-state index contributed by atoms with van der Waals surface area (Å²) in [4.78, 5) is 15.1. The molecule has 2 rings (SSSR count). The van der Waals surface area contributed by atoms with Crippen LogP contribution in [0.2, 0.25) is 0 Å². The molecule has 0 aliphatic carbocycles. The molecule has 15 heavy (non-hydrogen) atoms. The number of rotatable bonds is 3. The maximum atomic E-state index is 10.8. The van der Waals surface area contributed by atoms with Crippen molar-refractivity contribution in [1.29, 1.82) is 0 Å². The molecular formula is C11H14N2O2. The van der Waals surface area contributed by atoms with E-state index in [1.165, 1.54) is 6.07 Å². The first-order chi connectivity index (χ1) is 7.01. The van der Waals surface area contributed by atoms with Gasteiger partial charge in [0.2, 0.25) is 0 Å². The summed E-state index contributed by atoms with van der Waals surface area (Å²) in [6.07, 6.45) is 1.56. The first kappa shape index (κ1) is 10.1. The van der Waals surface area contributed by atoms with Crippen LogP contribution in [0, 0.1) is 0 Å². The number of carboxylic acids is 1. The summed E-state index contributed by atoms with van der Waals surface area (Å²) in [7, 11) is 0. The van der Waals surface area contributed by atoms with Crippen LogP contribution < -0.4 is 5.32 Å². The van der Waals surface area contributed by atoms with E-state index in [-0.39, 0.29) is 5.41 Å². The monoisotopic (exact) mass is 206 g/mol. The molecule has 4 heteroatoms. The van der Waals surface area contributed by atoms with Gasteiger partial charge in [0, 0.05) is 29.9 Å². The topological polar surface area (TPSA) is 72.1 Å². The Kier molecular flexibility index (Phi) is 2.23. The Bertz CT molecular complexity index is 397. The molecule has 0 saturated carbocycles. The Morgan fingerprint density at radius 3 is 2.87 bits per heavy atom. The average Bonchev–Trinajstić information content (AvgIpc) is 3.01. The summed E-state index contributed by atoms with van der Waals surface area (Å²) >= 11 is 0. The van der Waals surface area contributed by atoms with Crippen LogP contribution in [0.25, 0.3) is 0 Å². The van der Waals surface area contributed by atoms with E-state index < -0.39 is 5.97 Å². The van der Waals surface area contributed by atoms with Gasteiger partial charge in [-0.1, -0.05) is 13.8 Å². The van der Waals surface area contributed by atoms with Crippen LogP contribution in [0.1, 0.15) is 29.9 Å². The van der Waals surface area contributed by atoms with Crippen molar-refractivity contribution in [3.8, 4) is 0 Å². The van der Waals surface area contributed by atoms with Crippen molar-refractivity contribution in [2.24, 2.45) is 0 Å². The number of nitrogens with zero attached hydrogens (tertiary/aromatic N) is 1. The highest BCUT2D eigenvalue weighted by molar-refractivity contribution is 5.87. The Balaban J connectivity index is 2.35. The second-order valence-corrected chi connectivity index (χ2v) is 4.42. The predicted molar refractivity (Wildman–Crippen MR) is 56.0 cm³/mol. The smallest absolute Gasteiger partial charge is 0.335 e. The van der Waals surface area contributed by atoms with Gasteiger partial charge in [0.25, 0.3) is 0 Å². The van der Waals surface area contributed by atoms with Gasteiger partial charge >= 0.3 is 5.97 Å². The standard InChI is InChI=1S/C11H14N2O2/c1-11(2,9-6-13-9)8-5-7(10(14)15)3-4-12-8/h3-5,9,13H,6H2,1-2H3,(H,14,15). The number of aromatic nitrogens is 1. The molecule has 1 saturated heterocycles. The van der Waals surface area contributed by atoms with Crippen molar-refractivity contribution in [1.82, 2.24) is 10.3 Å². The lowest BCUT2D eigenvalue weighted by atomic mass is 9.84. The van der Waals surface area contributed by atoms with Gasteiger partial charge in [-0.05, 0) is 12.1 Å². The van der Waals surface area contributed by atoms with Crippen molar-refractivity contribution in [2.45, 2.75) is 25.3 Å². The van der Waals surface area contributed by atoms with Gasteiger partial charge in [0.1, 0.15) is 0 Å². The number of hydrogen-bond donors (Lipinski definition) is 2. The number of pyridine rings is 1. The van der Waals surface area contributed by atoms with Gasteiger partial charge in [-0.15, -0.1) is 0 Å². The summed E-state index contributed by atoms with van der Waals surface area (Å²) in [5, 5.41) is 12.1. The largest absolute Gasteiger partial charge is 0.478 e. The third kappa shape index (κ3) is 1.85. The fraction of sp³-hybridized carbons (Fsp3) is 0.455.